The Bertz CT molecular complexity index is 606. The van der Waals surface area contributed by atoms with Gasteiger partial charge in [-0.05, 0) is 35.9 Å². The van der Waals surface area contributed by atoms with Crippen molar-refractivity contribution in [3.05, 3.63) is 58.6 Å². The standard InChI is InChI=1S/C13H7ClF2O2/c14-12-2-1-7(13(17)18)5-11(12)8-3-9(15)6-10(16)4-8/h1-6H,(H,17,18). The van der Waals surface area contributed by atoms with Crippen LogP contribution in [0.5, 0.6) is 0 Å². The molecule has 0 heterocycles. The molecular weight excluding hydrogens is 262 g/mol. The summed E-state index contributed by atoms with van der Waals surface area (Å²) in [7, 11) is 0. The Hall–Kier alpha value is -1.94. The normalized spacial score (nSPS) is 10.4. The summed E-state index contributed by atoms with van der Waals surface area (Å²) in [6.45, 7) is 0. The molecule has 0 saturated heterocycles. The largest absolute Gasteiger partial charge is 0.478 e. The third kappa shape index (κ3) is 2.49. The van der Waals surface area contributed by atoms with Crippen LogP contribution < -0.4 is 0 Å². The summed E-state index contributed by atoms with van der Waals surface area (Å²) < 4.78 is 26.2. The first-order valence-corrected chi connectivity index (χ1v) is 5.34. The van der Waals surface area contributed by atoms with E-state index in [1.54, 1.807) is 0 Å². The Labute approximate surface area is 106 Å². The van der Waals surface area contributed by atoms with E-state index in [0.717, 1.165) is 18.2 Å². The number of carbonyl (C=O) groups is 1. The molecule has 5 heteroatoms. The number of hydrogen-bond donors (Lipinski definition) is 1. The molecule has 0 amide bonds. The first kappa shape index (κ1) is 12.5. The van der Waals surface area contributed by atoms with Gasteiger partial charge in [-0.3, -0.25) is 0 Å². The van der Waals surface area contributed by atoms with E-state index in [1.165, 1.54) is 18.2 Å². The van der Waals surface area contributed by atoms with Gasteiger partial charge in [0.25, 0.3) is 0 Å². The van der Waals surface area contributed by atoms with Crippen LogP contribution in [0, 0.1) is 11.6 Å². The van der Waals surface area contributed by atoms with Gasteiger partial charge in [0.2, 0.25) is 0 Å². The van der Waals surface area contributed by atoms with Crippen LogP contribution >= 0.6 is 11.6 Å². The molecule has 0 spiro atoms. The zero-order valence-electron chi connectivity index (χ0n) is 8.95. The van der Waals surface area contributed by atoms with Crippen LogP contribution in [0.1, 0.15) is 10.4 Å². The van der Waals surface area contributed by atoms with Crippen molar-refractivity contribution in [2.45, 2.75) is 0 Å². The third-order valence-corrected chi connectivity index (χ3v) is 2.72. The van der Waals surface area contributed by atoms with Crippen LogP contribution in [0.3, 0.4) is 0 Å². The van der Waals surface area contributed by atoms with E-state index in [-0.39, 0.29) is 21.7 Å². The minimum Gasteiger partial charge on any atom is -0.478 e. The number of rotatable bonds is 2. The van der Waals surface area contributed by atoms with Crippen LogP contribution in [0.15, 0.2) is 36.4 Å². The molecule has 2 aromatic carbocycles. The van der Waals surface area contributed by atoms with Crippen LogP contribution in [-0.2, 0) is 0 Å². The second-order valence-corrected chi connectivity index (χ2v) is 4.07. The molecule has 2 nitrogen and oxygen atoms in total. The summed E-state index contributed by atoms with van der Waals surface area (Å²) in [5, 5.41) is 9.09. The van der Waals surface area contributed by atoms with Crippen molar-refractivity contribution in [1.29, 1.82) is 0 Å². The minimum atomic E-state index is -1.13. The second-order valence-electron chi connectivity index (χ2n) is 3.66. The van der Waals surface area contributed by atoms with E-state index in [9.17, 15) is 13.6 Å². The average Bonchev–Trinajstić information content (AvgIpc) is 2.27. The lowest BCUT2D eigenvalue weighted by molar-refractivity contribution is 0.0697. The average molecular weight is 269 g/mol. The maximum absolute atomic E-state index is 13.1. The van der Waals surface area contributed by atoms with Crippen molar-refractivity contribution in [2.75, 3.05) is 0 Å². The quantitative estimate of drug-likeness (QED) is 0.894. The molecular formula is C13H7ClF2O2. The number of benzene rings is 2. The molecule has 18 heavy (non-hydrogen) atoms. The lowest BCUT2D eigenvalue weighted by Crippen LogP contribution is -1.96. The van der Waals surface area contributed by atoms with Gasteiger partial charge in [0, 0.05) is 16.7 Å². The fourth-order valence-electron chi connectivity index (χ4n) is 1.59. The highest BCUT2D eigenvalue weighted by Crippen LogP contribution is 2.30. The van der Waals surface area contributed by atoms with Gasteiger partial charge in [-0.2, -0.15) is 0 Å². The summed E-state index contributed by atoms with van der Waals surface area (Å²) in [4.78, 5) is 10.8. The van der Waals surface area contributed by atoms with Crippen LogP contribution in [-0.4, -0.2) is 11.1 Å². The predicted octanol–water partition coefficient (Wildman–Crippen LogP) is 3.98. The van der Waals surface area contributed by atoms with Gasteiger partial charge in [0.05, 0.1) is 5.56 Å². The Kier molecular flexibility index (Phi) is 3.30. The summed E-state index contributed by atoms with van der Waals surface area (Å²) in [5.74, 6) is -2.63. The summed E-state index contributed by atoms with van der Waals surface area (Å²) in [6.07, 6.45) is 0. The van der Waals surface area contributed by atoms with Crippen molar-refractivity contribution in [1.82, 2.24) is 0 Å². The fourth-order valence-corrected chi connectivity index (χ4v) is 1.82. The molecule has 0 aromatic heterocycles. The molecule has 0 aliphatic heterocycles. The Morgan fingerprint density at radius 2 is 1.67 bits per heavy atom. The fraction of sp³-hybridized carbons (Fsp3) is 0. The van der Waals surface area contributed by atoms with Gasteiger partial charge >= 0.3 is 5.97 Å². The van der Waals surface area contributed by atoms with Crippen molar-refractivity contribution in [2.24, 2.45) is 0 Å². The van der Waals surface area contributed by atoms with E-state index in [0.29, 0.717) is 0 Å². The molecule has 0 aliphatic carbocycles. The van der Waals surface area contributed by atoms with Gasteiger partial charge < -0.3 is 5.11 Å². The predicted molar refractivity (Wildman–Crippen MR) is 63.8 cm³/mol. The van der Waals surface area contributed by atoms with E-state index >= 15 is 0 Å². The third-order valence-electron chi connectivity index (χ3n) is 2.39. The van der Waals surface area contributed by atoms with Gasteiger partial charge in [-0.25, -0.2) is 13.6 Å². The molecule has 0 fully saturated rings. The Morgan fingerprint density at radius 3 is 2.22 bits per heavy atom. The molecule has 0 saturated carbocycles. The van der Waals surface area contributed by atoms with E-state index < -0.39 is 17.6 Å². The van der Waals surface area contributed by atoms with E-state index in [1.807, 2.05) is 0 Å². The summed E-state index contributed by atoms with van der Waals surface area (Å²) >= 11 is 5.90. The number of carboxylic acid groups (broad SMARTS) is 1. The summed E-state index contributed by atoms with van der Waals surface area (Å²) in [5.41, 5.74) is 0.467. The first-order valence-electron chi connectivity index (χ1n) is 4.96. The smallest absolute Gasteiger partial charge is 0.335 e. The Morgan fingerprint density at radius 1 is 1.06 bits per heavy atom. The van der Waals surface area contributed by atoms with E-state index in [4.69, 9.17) is 16.7 Å². The van der Waals surface area contributed by atoms with Crippen LogP contribution in [0.2, 0.25) is 5.02 Å². The second kappa shape index (κ2) is 4.74. The number of halogens is 3. The van der Waals surface area contributed by atoms with Gasteiger partial charge in [-0.1, -0.05) is 11.6 Å². The summed E-state index contributed by atoms with van der Waals surface area (Å²) in [6, 6.07) is 6.90. The van der Waals surface area contributed by atoms with Gasteiger partial charge in [-0.15, -0.1) is 0 Å². The highest BCUT2D eigenvalue weighted by Gasteiger charge is 2.11. The minimum absolute atomic E-state index is 0.000862. The maximum Gasteiger partial charge on any atom is 0.335 e. The molecule has 0 unspecified atom stereocenters. The number of aromatic carboxylic acids is 1. The number of hydrogen-bond acceptors (Lipinski definition) is 1. The SMILES string of the molecule is O=C(O)c1ccc(Cl)c(-c2cc(F)cc(F)c2)c1. The number of carboxylic acids is 1. The lowest BCUT2D eigenvalue weighted by atomic mass is 10.0. The molecule has 0 bridgehead atoms. The highest BCUT2D eigenvalue weighted by atomic mass is 35.5. The van der Waals surface area contributed by atoms with Crippen LogP contribution in [0.25, 0.3) is 11.1 Å². The molecule has 0 aliphatic rings. The molecule has 0 radical (unpaired) electrons. The van der Waals surface area contributed by atoms with Gasteiger partial charge in [0.15, 0.2) is 0 Å². The molecule has 2 aromatic rings. The monoisotopic (exact) mass is 268 g/mol. The van der Waals surface area contributed by atoms with Crippen LogP contribution in [0.4, 0.5) is 8.78 Å². The topological polar surface area (TPSA) is 37.3 Å². The van der Waals surface area contributed by atoms with Crippen molar-refractivity contribution < 1.29 is 18.7 Å². The lowest BCUT2D eigenvalue weighted by Gasteiger charge is -2.06. The molecule has 1 N–H and O–H groups in total. The van der Waals surface area contributed by atoms with Gasteiger partial charge in [0.1, 0.15) is 11.6 Å². The Balaban J connectivity index is 2.62. The maximum atomic E-state index is 13.1. The van der Waals surface area contributed by atoms with Crippen molar-refractivity contribution in [3.63, 3.8) is 0 Å². The van der Waals surface area contributed by atoms with E-state index in [2.05, 4.69) is 0 Å². The zero-order valence-corrected chi connectivity index (χ0v) is 9.71. The molecule has 92 valence electrons. The molecule has 0 atom stereocenters. The molecule has 2 rings (SSSR count). The first-order chi connectivity index (χ1) is 8.47. The zero-order chi connectivity index (χ0) is 13.3. The van der Waals surface area contributed by atoms with Crippen molar-refractivity contribution in [3.8, 4) is 11.1 Å². The highest BCUT2D eigenvalue weighted by molar-refractivity contribution is 6.33. The van der Waals surface area contributed by atoms with Crippen molar-refractivity contribution >= 4 is 17.6 Å².